The Bertz CT molecular complexity index is 707. The SMILES string of the molecule is CN(C)Cc1ccccc1Oc1ccc(C(=O)N2CCCCC2)cn1. The van der Waals surface area contributed by atoms with Crippen molar-refractivity contribution in [2.24, 2.45) is 0 Å². The lowest BCUT2D eigenvalue weighted by Gasteiger charge is -2.26. The van der Waals surface area contributed by atoms with Gasteiger partial charge in [0.25, 0.3) is 5.91 Å². The molecular formula is C20H25N3O2. The van der Waals surface area contributed by atoms with Gasteiger partial charge in [0.15, 0.2) is 0 Å². The maximum atomic E-state index is 12.5. The molecule has 0 unspecified atom stereocenters. The summed E-state index contributed by atoms with van der Waals surface area (Å²) >= 11 is 0. The summed E-state index contributed by atoms with van der Waals surface area (Å²) in [5, 5.41) is 0. The molecule has 2 heterocycles. The van der Waals surface area contributed by atoms with Crippen molar-refractivity contribution < 1.29 is 9.53 Å². The third-order valence-electron chi connectivity index (χ3n) is 4.30. The zero-order chi connectivity index (χ0) is 17.6. The van der Waals surface area contributed by atoms with E-state index in [0.29, 0.717) is 11.4 Å². The van der Waals surface area contributed by atoms with E-state index in [1.54, 1.807) is 18.3 Å². The van der Waals surface area contributed by atoms with Crippen LogP contribution >= 0.6 is 0 Å². The molecule has 1 saturated heterocycles. The molecule has 5 nitrogen and oxygen atoms in total. The number of hydrogen-bond acceptors (Lipinski definition) is 4. The number of benzene rings is 1. The molecule has 0 aliphatic carbocycles. The Morgan fingerprint density at radius 3 is 2.56 bits per heavy atom. The Morgan fingerprint density at radius 2 is 1.88 bits per heavy atom. The largest absolute Gasteiger partial charge is 0.439 e. The van der Waals surface area contributed by atoms with Crippen molar-refractivity contribution in [1.82, 2.24) is 14.8 Å². The van der Waals surface area contributed by atoms with Crippen LogP contribution in [0.25, 0.3) is 0 Å². The second kappa shape index (κ2) is 8.12. The number of likely N-dealkylation sites (tertiary alicyclic amines) is 1. The number of rotatable bonds is 5. The summed E-state index contributed by atoms with van der Waals surface area (Å²) in [6.07, 6.45) is 4.99. The monoisotopic (exact) mass is 339 g/mol. The van der Waals surface area contributed by atoms with Gasteiger partial charge in [-0.15, -0.1) is 0 Å². The molecule has 0 bridgehead atoms. The van der Waals surface area contributed by atoms with Gasteiger partial charge < -0.3 is 14.5 Å². The van der Waals surface area contributed by atoms with E-state index in [-0.39, 0.29) is 5.91 Å². The van der Waals surface area contributed by atoms with Crippen LogP contribution in [0.2, 0.25) is 0 Å². The third-order valence-corrected chi connectivity index (χ3v) is 4.30. The average Bonchev–Trinajstić information content (AvgIpc) is 2.64. The Balaban J connectivity index is 1.70. The summed E-state index contributed by atoms with van der Waals surface area (Å²) in [7, 11) is 4.05. The van der Waals surface area contributed by atoms with Crippen molar-refractivity contribution in [3.8, 4) is 11.6 Å². The molecule has 0 atom stereocenters. The predicted molar refractivity (Wildman–Crippen MR) is 97.9 cm³/mol. The lowest BCUT2D eigenvalue weighted by atomic mass is 10.1. The molecule has 1 aliphatic rings. The predicted octanol–water partition coefficient (Wildman–Crippen LogP) is 3.56. The van der Waals surface area contributed by atoms with Gasteiger partial charge in [-0.2, -0.15) is 0 Å². The van der Waals surface area contributed by atoms with Gasteiger partial charge >= 0.3 is 0 Å². The topological polar surface area (TPSA) is 45.7 Å². The van der Waals surface area contributed by atoms with Crippen LogP contribution in [-0.4, -0.2) is 47.9 Å². The van der Waals surface area contributed by atoms with E-state index in [0.717, 1.165) is 43.8 Å². The van der Waals surface area contributed by atoms with Crippen LogP contribution in [0.5, 0.6) is 11.6 Å². The first-order valence-corrected chi connectivity index (χ1v) is 8.79. The first-order valence-electron chi connectivity index (χ1n) is 8.79. The number of aromatic nitrogens is 1. The highest BCUT2D eigenvalue weighted by molar-refractivity contribution is 5.94. The van der Waals surface area contributed by atoms with Crippen molar-refractivity contribution in [3.05, 3.63) is 53.7 Å². The minimum absolute atomic E-state index is 0.0618. The molecular weight excluding hydrogens is 314 g/mol. The van der Waals surface area contributed by atoms with E-state index in [2.05, 4.69) is 9.88 Å². The molecule has 0 saturated carbocycles. The van der Waals surface area contributed by atoms with Gasteiger partial charge in [0.1, 0.15) is 5.75 Å². The Kier molecular flexibility index (Phi) is 5.66. The van der Waals surface area contributed by atoms with Gasteiger partial charge in [-0.3, -0.25) is 4.79 Å². The number of nitrogens with zero attached hydrogens (tertiary/aromatic N) is 3. The number of para-hydroxylation sites is 1. The highest BCUT2D eigenvalue weighted by Crippen LogP contribution is 2.25. The number of amides is 1. The highest BCUT2D eigenvalue weighted by Gasteiger charge is 2.18. The van der Waals surface area contributed by atoms with Gasteiger partial charge in [-0.05, 0) is 45.5 Å². The van der Waals surface area contributed by atoms with Gasteiger partial charge in [0.2, 0.25) is 5.88 Å². The maximum Gasteiger partial charge on any atom is 0.255 e. The molecule has 25 heavy (non-hydrogen) atoms. The van der Waals surface area contributed by atoms with Crippen LogP contribution in [-0.2, 0) is 6.54 Å². The molecule has 1 amide bonds. The summed E-state index contributed by atoms with van der Waals surface area (Å²) in [6, 6.07) is 11.5. The molecule has 1 aromatic heterocycles. The summed E-state index contributed by atoms with van der Waals surface area (Å²) in [5.74, 6) is 1.35. The fourth-order valence-corrected chi connectivity index (χ4v) is 3.03. The van der Waals surface area contributed by atoms with Crippen molar-refractivity contribution in [2.45, 2.75) is 25.8 Å². The molecule has 5 heteroatoms. The van der Waals surface area contributed by atoms with Crippen molar-refractivity contribution in [3.63, 3.8) is 0 Å². The Labute approximate surface area is 149 Å². The fourth-order valence-electron chi connectivity index (χ4n) is 3.03. The zero-order valence-electron chi connectivity index (χ0n) is 14.9. The maximum absolute atomic E-state index is 12.5. The lowest BCUT2D eigenvalue weighted by Crippen LogP contribution is -2.35. The third kappa shape index (κ3) is 4.57. The fraction of sp³-hybridized carbons (Fsp3) is 0.400. The Hall–Kier alpha value is -2.40. The smallest absolute Gasteiger partial charge is 0.255 e. The van der Waals surface area contributed by atoms with Gasteiger partial charge in [-0.25, -0.2) is 4.98 Å². The van der Waals surface area contributed by atoms with Crippen LogP contribution in [0.1, 0.15) is 35.2 Å². The van der Waals surface area contributed by atoms with E-state index in [1.807, 2.05) is 43.3 Å². The second-order valence-electron chi connectivity index (χ2n) is 6.69. The van der Waals surface area contributed by atoms with Crippen molar-refractivity contribution in [2.75, 3.05) is 27.2 Å². The molecule has 0 spiro atoms. The first-order chi connectivity index (χ1) is 12.1. The summed E-state index contributed by atoms with van der Waals surface area (Å²) in [4.78, 5) is 20.8. The van der Waals surface area contributed by atoms with Gasteiger partial charge in [0.05, 0.1) is 5.56 Å². The van der Waals surface area contributed by atoms with Crippen LogP contribution in [0.3, 0.4) is 0 Å². The first kappa shape index (κ1) is 17.4. The average molecular weight is 339 g/mol. The van der Waals surface area contributed by atoms with E-state index < -0.39 is 0 Å². The quantitative estimate of drug-likeness (QED) is 0.835. The zero-order valence-corrected chi connectivity index (χ0v) is 14.9. The minimum Gasteiger partial charge on any atom is -0.439 e. The molecule has 3 rings (SSSR count). The summed E-state index contributed by atoms with van der Waals surface area (Å²) < 4.78 is 5.93. The lowest BCUT2D eigenvalue weighted by molar-refractivity contribution is 0.0724. The standard InChI is InChI=1S/C20H25N3O2/c1-22(2)15-17-8-4-5-9-18(17)25-19-11-10-16(14-21-19)20(24)23-12-6-3-7-13-23/h4-5,8-11,14H,3,6-7,12-13,15H2,1-2H3. The summed E-state index contributed by atoms with van der Waals surface area (Å²) in [5.41, 5.74) is 1.72. The molecule has 0 N–H and O–H groups in total. The molecule has 0 radical (unpaired) electrons. The van der Waals surface area contributed by atoms with E-state index in [4.69, 9.17) is 4.74 Å². The Morgan fingerprint density at radius 1 is 1.12 bits per heavy atom. The number of hydrogen-bond donors (Lipinski definition) is 0. The number of carbonyl (C=O) groups is 1. The van der Waals surface area contributed by atoms with E-state index >= 15 is 0 Å². The molecule has 1 aliphatic heterocycles. The number of carbonyl (C=O) groups excluding carboxylic acids is 1. The van der Waals surface area contributed by atoms with Crippen molar-refractivity contribution in [1.29, 1.82) is 0 Å². The molecule has 1 fully saturated rings. The van der Waals surface area contributed by atoms with Crippen LogP contribution < -0.4 is 4.74 Å². The minimum atomic E-state index is 0.0618. The van der Waals surface area contributed by atoms with Crippen LogP contribution in [0.4, 0.5) is 0 Å². The number of pyridine rings is 1. The van der Waals surface area contributed by atoms with Crippen LogP contribution in [0, 0.1) is 0 Å². The van der Waals surface area contributed by atoms with Gasteiger partial charge in [0, 0.05) is 37.5 Å². The summed E-state index contributed by atoms with van der Waals surface area (Å²) in [6.45, 7) is 2.48. The normalized spacial score (nSPS) is 14.6. The molecule has 2 aromatic rings. The van der Waals surface area contributed by atoms with Crippen LogP contribution in [0.15, 0.2) is 42.6 Å². The number of piperidine rings is 1. The molecule has 132 valence electrons. The number of ether oxygens (including phenoxy) is 1. The highest BCUT2D eigenvalue weighted by atomic mass is 16.5. The van der Waals surface area contributed by atoms with Crippen molar-refractivity contribution >= 4 is 5.91 Å². The van der Waals surface area contributed by atoms with Gasteiger partial charge in [-0.1, -0.05) is 18.2 Å². The van der Waals surface area contributed by atoms with E-state index in [1.165, 1.54) is 6.42 Å². The second-order valence-corrected chi connectivity index (χ2v) is 6.69. The van der Waals surface area contributed by atoms with E-state index in [9.17, 15) is 4.79 Å². The molecule has 1 aromatic carbocycles.